The van der Waals surface area contributed by atoms with Crippen molar-refractivity contribution in [2.45, 2.75) is 63.3 Å². The number of carbonyl (C=O) groups is 2. The maximum absolute atomic E-state index is 11.8. The number of aliphatic carboxylic acids is 1. The van der Waals surface area contributed by atoms with Crippen molar-refractivity contribution in [2.24, 2.45) is 5.73 Å². The molecule has 1 aliphatic carbocycles. The van der Waals surface area contributed by atoms with Gasteiger partial charge in [0.05, 0.1) is 12.0 Å². The largest absolute Gasteiger partial charge is 0.481 e. The summed E-state index contributed by atoms with van der Waals surface area (Å²) < 4.78 is 0. The van der Waals surface area contributed by atoms with Crippen LogP contribution in [0.2, 0.25) is 0 Å². The molecular weight excluding hydrogens is 232 g/mol. The van der Waals surface area contributed by atoms with Crippen molar-refractivity contribution in [3.63, 3.8) is 0 Å². The fraction of sp³-hybridized carbons (Fsp3) is 0.846. The van der Waals surface area contributed by atoms with Crippen LogP contribution in [0.5, 0.6) is 0 Å². The molecule has 0 saturated heterocycles. The standard InChI is InChI=1S/C13H24N2O3/c14-9-5-1-2-6-11(16)15-13(10-12(17)18)7-3-4-8-13/h1-10,14H2,(H,15,16)(H,17,18). The Hall–Kier alpha value is -1.10. The summed E-state index contributed by atoms with van der Waals surface area (Å²) in [7, 11) is 0. The first-order chi connectivity index (χ1) is 8.58. The third-order valence-corrected chi connectivity index (χ3v) is 3.56. The zero-order valence-corrected chi connectivity index (χ0v) is 10.9. The molecular formula is C13H24N2O3. The molecule has 1 rings (SSSR count). The summed E-state index contributed by atoms with van der Waals surface area (Å²) in [6.07, 6.45) is 6.81. The second-order valence-electron chi connectivity index (χ2n) is 5.21. The van der Waals surface area contributed by atoms with Gasteiger partial charge >= 0.3 is 5.97 Å². The Kier molecular flexibility index (Phi) is 6.12. The van der Waals surface area contributed by atoms with Gasteiger partial charge in [0.1, 0.15) is 0 Å². The molecule has 1 saturated carbocycles. The van der Waals surface area contributed by atoms with E-state index in [0.29, 0.717) is 13.0 Å². The van der Waals surface area contributed by atoms with E-state index in [9.17, 15) is 9.59 Å². The van der Waals surface area contributed by atoms with Gasteiger partial charge in [0.25, 0.3) is 0 Å². The number of unbranched alkanes of at least 4 members (excludes halogenated alkanes) is 2. The molecule has 0 aromatic carbocycles. The van der Waals surface area contributed by atoms with Crippen molar-refractivity contribution < 1.29 is 14.7 Å². The molecule has 0 atom stereocenters. The molecule has 1 amide bonds. The number of hydrogen-bond acceptors (Lipinski definition) is 3. The molecule has 0 heterocycles. The molecule has 5 heteroatoms. The summed E-state index contributed by atoms with van der Waals surface area (Å²) >= 11 is 0. The summed E-state index contributed by atoms with van der Waals surface area (Å²) in [5, 5.41) is 11.9. The maximum atomic E-state index is 11.8. The molecule has 4 N–H and O–H groups in total. The van der Waals surface area contributed by atoms with Crippen LogP contribution in [0.1, 0.15) is 57.8 Å². The first-order valence-corrected chi connectivity index (χ1v) is 6.81. The number of carboxylic acid groups (broad SMARTS) is 1. The van der Waals surface area contributed by atoms with E-state index in [1.165, 1.54) is 0 Å². The molecule has 0 aliphatic heterocycles. The fourth-order valence-electron chi connectivity index (χ4n) is 2.65. The van der Waals surface area contributed by atoms with Crippen molar-refractivity contribution in [3.8, 4) is 0 Å². The molecule has 0 aromatic rings. The quantitative estimate of drug-likeness (QED) is 0.572. The van der Waals surface area contributed by atoms with E-state index >= 15 is 0 Å². The first kappa shape index (κ1) is 15.0. The first-order valence-electron chi connectivity index (χ1n) is 6.81. The van der Waals surface area contributed by atoms with Gasteiger partial charge in [-0.1, -0.05) is 19.3 Å². The topological polar surface area (TPSA) is 92.4 Å². The molecule has 18 heavy (non-hydrogen) atoms. The van der Waals surface area contributed by atoms with Crippen LogP contribution < -0.4 is 11.1 Å². The van der Waals surface area contributed by atoms with Crippen molar-refractivity contribution in [1.82, 2.24) is 5.32 Å². The number of nitrogens with one attached hydrogen (secondary N) is 1. The van der Waals surface area contributed by atoms with Crippen LogP contribution in [-0.4, -0.2) is 29.1 Å². The fourth-order valence-corrected chi connectivity index (χ4v) is 2.65. The minimum absolute atomic E-state index is 0.0184. The number of carbonyl (C=O) groups excluding carboxylic acids is 1. The highest BCUT2D eigenvalue weighted by Gasteiger charge is 2.37. The number of carboxylic acids is 1. The van der Waals surface area contributed by atoms with E-state index in [0.717, 1.165) is 44.9 Å². The van der Waals surface area contributed by atoms with Gasteiger partial charge in [-0.25, -0.2) is 0 Å². The van der Waals surface area contributed by atoms with Gasteiger partial charge in [-0.15, -0.1) is 0 Å². The zero-order chi connectivity index (χ0) is 13.4. The predicted octanol–water partition coefficient (Wildman–Crippen LogP) is 1.41. The van der Waals surface area contributed by atoms with Gasteiger partial charge in [-0.2, -0.15) is 0 Å². The number of nitrogens with two attached hydrogens (primary N) is 1. The van der Waals surface area contributed by atoms with Crippen LogP contribution in [0.25, 0.3) is 0 Å². The van der Waals surface area contributed by atoms with Crippen LogP contribution in [0, 0.1) is 0 Å². The van der Waals surface area contributed by atoms with E-state index in [2.05, 4.69) is 5.32 Å². The monoisotopic (exact) mass is 256 g/mol. The minimum Gasteiger partial charge on any atom is -0.481 e. The third kappa shape index (κ3) is 5.04. The van der Waals surface area contributed by atoms with Gasteiger partial charge < -0.3 is 16.2 Å². The maximum Gasteiger partial charge on any atom is 0.305 e. The van der Waals surface area contributed by atoms with Crippen molar-refractivity contribution >= 4 is 11.9 Å². The Morgan fingerprint density at radius 3 is 2.39 bits per heavy atom. The van der Waals surface area contributed by atoms with Crippen LogP contribution in [0.3, 0.4) is 0 Å². The second-order valence-corrected chi connectivity index (χ2v) is 5.21. The number of amides is 1. The number of hydrogen-bond donors (Lipinski definition) is 3. The number of rotatable bonds is 8. The molecule has 0 aromatic heterocycles. The van der Waals surface area contributed by atoms with E-state index in [-0.39, 0.29) is 12.3 Å². The van der Waals surface area contributed by atoms with Crippen molar-refractivity contribution in [1.29, 1.82) is 0 Å². The summed E-state index contributed by atoms with van der Waals surface area (Å²) in [5.74, 6) is -0.851. The third-order valence-electron chi connectivity index (χ3n) is 3.56. The molecule has 0 spiro atoms. The van der Waals surface area contributed by atoms with Gasteiger partial charge in [-0.3, -0.25) is 9.59 Å². The van der Waals surface area contributed by atoms with Gasteiger partial charge in [0, 0.05) is 6.42 Å². The van der Waals surface area contributed by atoms with Crippen molar-refractivity contribution in [3.05, 3.63) is 0 Å². The van der Waals surface area contributed by atoms with Gasteiger partial charge in [0.2, 0.25) is 5.91 Å². The van der Waals surface area contributed by atoms with E-state index < -0.39 is 11.5 Å². The molecule has 0 radical (unpaired) electrons. The van der Waals surface area contributed by atoms with E-state index in [1.807, 2.05) is 0 Å². The van der Waals surface area contributed by atoms with Crippen LogP contribution in [0.15, 0.2) is 0 Å². The van der Waals surface area contributed by atoms with Crippen LogP contribution >= 0.6 is 0 Å². The Labute approximate surface area is 108 Å². The highest BCUT2D eigenvalue weighted by molar-refractivity contribution is 5.78. The average Bonchev–Trinajstić information content (AvgIpc) is 2.71. The van der Waals surface area contributed by atoms with Gasteiger partial charge in [0.15, 0.2) is 0 Å². The van der Waals surface area contributed by atoms with Crippen LogP contribution in [-0.2, 0) is 9.59 Å². The lowest BCUT2D eigenvalue weighted by Crippen LogP contribution is -2.47. The lowest BCUT2D eigenvalue weighted by molar-refractivity contribution is -0.139. The zero-order valence-electron chi connectivity index (χ0n) is 10.9. The molecule has 5 nitrogen and oxygen atoms in total. The second kappa shape index (κ2) is 7.36. The Morgan fingerprint density at radius 1 is 1.17 bits per heavy atom. The average molecular weight is 256 g/mol. The van der Waals surface area contributed by atoms with E-state index in [4.69, 9.17) is 10.8 Å². The summed E-state index contributed by atoms with van der Waals surface area (Å²) in [6.45, 7) is 0.657. The Bertz CT molecular complexity index is 286. The van der Waals surface area contributed by atoms with Gasteiger partial charge in [-0.05, 0) is 32.2 Å². The Balaban J connectivity index is 2.36. The van der Waals surface area contributed by atoms with Crippen LogP contribution in [0.4, 0.5) is 0 Å². The lowest BCUT2D eigenvalue weighted by Gasteiger charge is -2.28. The SMILES string of the molecule is NCCCCCC(=O)NC1(CC(=O)O)CCCC1. The lowest BCUT2D eigenvalue weighted by atomic mass is 9.93. The molecule has 1 aliphatic rings. The molecule has 0 bridgehead atoms. The molecule has 1 fully saturated rings. The highest BCUT2D eigenvalue weighted by atomic mass is 16.4. The van der Waals surface area contributed by atoms with Crippen molar-refractivity contribution in [2.75, 3.05) is 6.54 Å². The summed E-state index contributed by atoms with van der Waals surface area (Å²) in [4.78, 5) is 22.7. The molecule has 104 valence electrons. The smallest absolute Gasteiger partial charge is 0.305 e. The molecule has 0 unspecified atom stereocenters. The normalized spacial score (nSPS) is 17.6. The minimum atomic E-state index is -0.833. The Morgan fingerprint density at radius 2 is 1.83 bits per heavy atom. The highest BCUT2D eigenvalue weighted by Crippen LogP contribution is 2.32. The van der Waals surface area contributed by atoms with E-state index in [1.54, 1.807) is 0 Å². The predicted molar refractivity (Wildman–Crippen MR) is 69.1 cm³/mol. The summed E-state index contributed by atoms with van der Waals surface area (Å²) in [6, 6.07) is 0. The summed E-state index contributed by atoms with van der Waals surface area (Å²) in [5.41, 5.74) is 4.90.